The van der Waals surface area contributed by atoms with E-state index in [4.69, 9.17) is 4.66 Å². The van der Waals surface area contributed by atoms with Gasteiger partial charge >= 0.3 is 0 Å². The fraction of sp³-hybridized carbons (Fsp3) is 0.500. The highest BCUT2D eigenvalue weighted by molar-refractivity contribution is 6.78. The molecular weight excluding hydrogens is 242 g/mol. The zero-order chi connectivity index (χ0) is 13.1. The maximum Gasteiger partial charge on any atom is 0.175 e. The minimum absolute atomic E-state index is 1.02. The highest BCUT2D eigenvalue weighted by Gasteiger charge is 2.20. The zero-order valence-corrected chi connectivity index (χ0v) is 13.7. The average Bonchev–Trinajstić information content (AvgIpc) is 2.14. The van der Waals surface area contributed by atoms with Gasteiger partial charge in [-0.05, 0) is 31.8 Å². The summed E-state index contributed by atoms with van der Waals surface area (Å²) in [6, 6.07) is 4.03. The first-order chi connectivity index (χ1) is 7.67. The van der Waals surface area contributed by atoms with Crippen molar-refractivity contribution in [2.75, 3.05) is 0 Å². The van der Waals surface area contributed by atoms with Crippen molar-refractivity contribution in [3.8, 4) is 0 Å². The lowest BCUT2D eigenvalue weighted by atomic mass is 10.3. The van der Waals surface area contributed by atoms with E-state index in [2.05, 4.69) is 55.3 Å². The first kappa shape index (κ1) is 14.1. The van der Waals surface area contributed by atoms with E-state index in [1.165, 1.54) is 0 Å². The summed E-state index contributed by atoms with van der Waals surface area (Å²) in [7, 11) is -2.87. The second kappa shape index (κ2) is 5.14. The van der Waals surface area contributed by atoms with E-state index in [0.29, 0.717) is 0 Å². The molecule has 0 saturated carbocycles. The Labute approximate surface area is 107 Å². The molecule has 0 unspecified atom stereocenters. The fourth-order valence-corrected chi connectivity index (χ4v) is 3.24. The van der Waals surface area contributed by atoms with Crippen molar-refractivity contribution in [1.82, 2.24) is 9.97 Å². The standard InChI is InChI=1S/C12H23N3Si2/c1-16(2,3)14-12(15-17(4,5)6)11-8-7-9-13-10-11/h7-10H,1-6H3,(H,14,15). The summed E-state index contributed by atoms with van der Waals surface area (Å²) in [5, 5.41) is 0. The van der Waals surface area contributed by atoms with Crippen molar-refractivity contribution in [1.29, 1.82) is 0 Å². The van der Waals surface area contributed by atoms with E-state index >= 15 is 0 Å². The molecule has 0 bridgehead atoms. The highest BCUT2D eigenvalue weighted by atomic mass is 28.3. The molecule has 0 aromatic carbocycles. The summed E-state index contributed by atoms with van der Waals surface area (Å²) in [6.07, 6.45) is 3.68. The van der Waals surface area contributed by atoms with Gasteiger partial charge in [-0.15, -0.1) is 0 Å². The number of nitrogens with zero attached hydrogens (tertiary/aromatic N) is 2. The molecular formula is C12H23N3Si2. The molecule has 0 fully saturated rings. The molecule has 3 nitrogen and oxygen atoms in total. The second-order valence-electron chi connectivity index (χ2n) is 6.25. The van der Waals surface area contributed by atoms with Crippen LogP contribution in [0.4, 0.5) is 0 Å². The van der Waals surface area contributed by atoms with Crippen molar-refractivity contribution in [3.63, 3.8) is 0 Å². The van der Waals surface area contributed by atoms with Crippen LogP contribution in [0.5, 0.6) is 0 Å². The number of rotatable bonds is 3. The molecule has 0 saturated heterocycles. The van der Waals surface area contributed by atoms with Gasteiger partial charge in [-0.1, -0.05) is 19.6 Å². The average molecular weight is 266 g/mol. The van der Waals surface area contributed by atoms with Gasteiger partial charge in [0.15, 0.2) is 8.24 Å². The number of nitrogens with one attached hydrogen (secondary N) is 1. The highest BCUT2D eigenvalue weighted by Crippen LogP contribution is 2.08. The third kappa shape index (κ3) is 5.79. The molecule has 0 aliphatic heterocycles. The van der Waals surface area contributed by atoms with Crippen molar-refractivity contribution in [2.24, 2.45) is 4.66 Å². The lowest BCUT2D eigenvalue weighted by Crippen LogP contribution is -2.47. The molecule has 0 amide bonds. The van der Waals surface area contributed by atoms with E-state index in [1.807, 2.05) is 12.3 Å². The summed E-state index contributed by atoms with van der Waals surface area (Å²) in [4.78, 5) is 7.79. The Bertz CT molecular complexity index is 388. The molecule has 1 aromatic heterocycles. The van der Waals surface area contributed by atoms with E-state index in [1.54, 1.807) is 6.20 Å². The van der Waals surface area contributed by atoms with Gasteiger partial charge in [0.05, 0.1) is 0 Å². The Morgan fingerprint density at radius 3 is 2.24 bits per heavy atom. The summed E-state index contributed by atoms with van der Waals surface area (Å²) in [6.45, 7) is 13.6. The van der Waals surface area contributed by atoms with E-state index in [-0.39, 0.29) is 0 Å². The van der Waals surface area contributed by atoms with Crippen LogP contribution in [0.25, 0.3) is 0 Å². The number of pyridine rings is 1. The monoisotopic (exact) mass is 265 g/mol. The van der Waals surface area contributed by atoms with E-state index in [0.717, 1.165) is 11.4 Å². The van der Waals surface area contributed by atoms with Gasteiger partial charge in [0.1, 0.15) is 14.1 Å². The van der Waals surface area contributed by atoms with Crippen molar-refractivity contribution >= 4 is 22.3 Å². The number of aromatic nitrogens is 1. The number of hydrogen-bond acceptors (Lipinski definition) is 2. The molecule has 0 atom stereocenters. The van der Waals surface area contributed by atoms with Crippen molar-refractivity contribution < 1.29 is 0 Å². The fourth-order valence-electron chi connectivity index (χ4n) is 1.36. The minimum Gasteiger partial charge on any atom is -0.396 e. The molecule has 0 aliphatic carbocycles. The van der Waals surface area contributed by atoms with Crippen LogP contribution in [-0.4, -0.2) is 27.3 Å². The number of amidine groups is 1. The van der Waals surface area contributed by atoms with Crippen molar-refractivity contribution in [2.45, 2.75) is 39.3 Å². The smallest absolute Gasteiger partial charge is 0.175 e. The summed E-state index contributed by atoms with van der Waals surface area (Å²) in [5.74, 6) is 1.02. The maximum atomic E-state index is 4.90. The zero-order valence-electron chi connectivity index (χ0n) is 11.7. The topological polar surface area (TPSA) is 37.3 Å². The van der Waals surface area contributed by atoms with Crippen LogP contribution in [-0.2, 0) is 0 Å². The van der Waals surface area contributed by atoms with Crippen LogP contribution in [0.2, 0.25) is 39.3 Å². The Hall–Kier alpha value is -0.946. The maximum absolute atomic E-state index is 4.90. The predicted molar refractivity (Wildman–Crippen MR) is 80.6 cm³/mol. The first-order valence-corrected chi connectivity index (χ1v) is 12.9. The SMILES string of the molecule is C[Si](C)(C)/N=C(/N[Si](C)(C)C)c1cccnc1. The van der Waals surface area contributed by atoms with Gasteiger partial charge in [0.25, 0.3) is 0 Å². The molecule has 5 heteroatoms. The van der Waals surface area contributed by atoms with Crippen LogP contribution in [0.15, 0.2) is 29.2 Å². The van der Waals surface area contributed by atoms with Crippen LogP contribution < -0.4 is 4.98 Å². The molecule has 17 heavy (non-hydrogen) atoms. The van der Waals surface area contributed by atoms with Crippen LogP contribution in [0.3, 0.4) is 0 Å². The van der Waals surface area contributed by atoms with Gasteiger partial charge in [0.2, 0.25) is 0 Å². The molecule has 1 aromatic rings. The van der Waals surface area contributed by atoms with Crippen LogP contribution in [0.1, 0.15) is 5.56 Å². The van der Waals surface area contributed by atoms with Gasteiger partial charge in [-0.2, -0.15) is 0 Å². The summed E-state index contributed by atoms with van der Waals surface area (Å²) >= 11 is 0. The molecule has 1 rings (SSSR count). The van der Waals surface area contributed by atoms with Crippen LogP contribution >= 0.6 is 0 Å². The summed E-state index contributed by atoms with van der Waals surface area (Å²) in [5.41, 5.74) is 1.09. The van der Waals surface area contributed by atoms with E-state index in [9.17, 15) is 0 Å². The van der Waals surface area contributed by atoms with Crippen molar-refractivity contribution in [3.05, 3.63) is 30.1 Å². The lowest BCUT2D eigenvalue weighted by molar-refractivity contribution is 1.26. The van der Waals surface area contributed by atoms with Gasteiger partial charge in [-0.25, -0.2) is 0 Å². The Morgan fingerprint density at radius 2 is 1.82 bits per heavy atom. The molecule has 0 aliphatic rings. The second-order valence-corrected chi connectivity index (χ2v) is 15.6. The van der Waals surface area contributed by atoms with Crippen LogP contribution in [0, 0.1) is 0 Å². The molecule has 1 heterocycles. The molecule has 1 N–H and O–H groups in total. The Morgan fingerprint density at radius 1 is 1.18 bits per heavy atom. The largest absolute Gasteiger partial charge is 0.396 e. The predicted octanol–water partition coefficient (Wildman–Crippen LogP) is 3.09. The third-order valence-corrected chi connectivity index (χ3v) is 3.76. The van der Waals surface area contributed by atoms with Gasteiger partial charge in [-0.3, -0.25) is 4.98 Å². The Balaban J connectivity index is 3.09. The molecule has 0 spiro atoms. The number of hydrogen-bond donors (Lipinski definition) is 1. The Kier molecular flexibility index (Phi) is 4.27. The normalized spacial score (nSPS) is 13.6. The quantitative estimate of drug-likeness (QED) is 0.518. The minimum atomic E-state index is -1.48. The lowest BCUT2D eigenvalue weighted by Gasteiger charge is -2.24. The molecule has 0 radical (unpaired) electrons. The third-order valence-electron chi connectivity index (χ3n) is 1.88. The molecule has 94 valence electrons. The van der Waals surface area contributed by atoms with E-state index < -0.39 is 16.5 Å². The first-order valence-electron chi connectivity index (χ1n) is 5.96. The summed E-state index contributed by atoms with van der Waals surface area (Å²) < 4.78 is 4.90. The van der Waals surface area contributed by atoms with Gasteiger partial charge in [0, 0.05) is 18.0 Å². The van der Waals surface area contributed by atoms with Gasteiger partial charge < -0.3 is 9.64 Å².